The maximum absolute atomic E-state index is 10.1. The number of aryl methyl sites for hydroxylation is 1. The number of aliphatic hydroxyl groups is 1. The monoisotopic (exact) mass is 286 g/mol. The first-order valence-corrected chi connectivity index (χ1v) is 6.96. The van der Waals surface area contributed by atoms with E-state index in [1.54, 1.807) is 23.5 Å². The van der Waals surface area contributed by atoms with Gasteiger partial charge in [0.1, 0.15) is 0 Å². The fourth-order valence-corrected chi connectivity index (χ4v) is 2.83. The highest BCUT2D eigenvalue weighted by Gasteiger charge is 2.13. The summed E-state index contributed by atoms with van der Waals surface area (Å²) >= 11 is 13.7. The average Bonchev–Trinajstić information content (AvgIpc) is 2.82. The van der Waals surface area contributed by atoms with Gasteiger partial charge in [-0.05, 0) is 30.4 Å². The fraction of sp³-hybridized carbons (Fsp3) is 0.231. The molecule has 0 saturated carbocycles. The highest BCUT2D eigenvalue weighted by atomic mass is 35.5. The van der Waals surface area contributed by atoms with Crippen LogP contribution in [0.3, 0.4) is 0 Å². The van der Waals surface area contributed by atoms with Crippen LogP contribution in [0.25, 0.3) is 0 Å². The van der Waals surface area contributed by atoms with Crippen molar-refractivity contribution in [3.8, 4) is 0 Å². The topological polar surface area (TPSA) is 20.2 Å². The molecule has 0 amide bonds. The molecule has 0 spiro atoms. The van der Waals surface area contributed by atoms with Crippen LogP contribution in [0, 0.1) is 0 Å². The van der Waals surface area contributed by atoms with E-state index in [1.807, 2.05) is 17.5 Å². The van der Waals surface area contributed by atoms with E-state index >= 15 is 0 Å². The Morgan fingerprint density at radius 2 is 2.00 bits per heavy atom. The molecule has 0 saturated heterocycles. The highest BCUT2D eigenvalue weighted by molar-refractivity contribution is 7.09. The molecule has 90 valence electrons. The second-order valence-corrected chi connectivity index (χ2v) is 5.59. The van der Waals surface area contributed by atoms with E-state index in [1.165, 1.54) is 4.88 Å². The van der Waals surface area contributed by atoms with Gasteiger partial charge in [0.15, 0.2) is 0 Å². The Kier molecular flexibility index (Phi) is 4.46. The van der Waals surface area contributed by atoms with E-state index in [0.29, 0.717) is 22.0 Å². The van der Waals surface area contributed by atoms with Crippen molar-refractivity contribution < 1.29 is 5.11 Å². The molecule has 0 radical (unpaired) electrons. The van der Waals surface area contributed by atoms with Crippen LogP contribution >= 0.6 is 34.5 Å². The van der Waals surface area contributed by atoms with Crippen molar-refractivity contribution in [2.75, 3.05) is 0 Å². The largest absolute Gasteiger partial charge is 0.388 e. The minimum Gasteiger partial charge on any atom is -0.388 e. The second kappa shape index (κ2) is 5.87. The first-order valence-electron chi connectivity index (χ1n) is 5.33. The smallest absolute Gasteiger partial charge is 0.0808 e. The van der Waals surface area contributed by atoms with E-state index in [9.17, 15) is 5.11 Å². The van der Waals surface area contributed by atoms with Gasteiger partial charge in [0, 0.05) is 10.4 Å². The molecule has 0 fully saturated rings. The van der Waals surface area contributed by atoms with E-state index < -0.39 is 6.10 Å². The summed E-state index contributed by atoms with van der Waals surface area (Å²) in [5.41, 5.74) is 0.704. The Balaban J connectivity index is 2.04. The molecule has 1 aromatic heterocycles. The summed E-state index contributed by atoms with van der Waals surface area (Å²) < 4.78 is 0. The Hall–Kier alpha value is -0.540. The summed E-state index contributed by atoms with van der Waals surface area (Å²) in [7, 11) is 0. The third-order valence-corrected chi connectivity index (χ3v) is 4.35. The van der Waals surface area contributed by atoms with Crippen molar-refractivity contribution >= 4 is 34.5 Å². The maximum Gasteiger partial charge on any atom is 0.0808 e. The van der Waals surface area contributed by atoms with Crippen molar-refractivity contribution in [3.05, 3.63) is 56.2 Å². The number of rotatable bonds is 4. The third kappa shape index (κ3) is 3.23. The molecule has 4 heteroatoms. The lowest BCUT2D eigenvalue weighted by atomic mass is 10.0. The summed E-state index contributed by atoms with van der Waals surface area (Å²) in [5.74, 6) is 0. The van der Waals surface area contributed by atoms with Crippen LogP contribution < -0.4 is 0 Å². The normalized spacial score (nSPS) is 12.6. The summed E-state index contributed by atoms with van der Waals surface area (Å²) in [6.45, 7) is 0. The Bertz CT molecular complexity index is 482. The first kappa shape index (κ1) is 12.9. The molecule has 0 bridgehead atoms. The van der Waals surface area contributed by atoms with E-state index in [0.717, 1.165) is 6.42 Å². The van der Waals surface area contributed by atoms with E-state index in [2.05, 4.69) is 6.07 Å². The Morgan fingerprint density at radius 1 is 1.18 bits per heavy atom. The van der Waals surface area contributed by atoms with Crippen LogP contribution in [0.5, 0.6) is 0 Å². The lowest BCUT2D eigenvalue weighted by Gasteiger charge is -2.12. The zero-order chi connectivity index (χ0) is 12.3. The molecule has 2 rings (SSSR count). The minimum absolute atomic E-state index is 0.452. The zero-order valence-corrected chi connectivity index (χ0v) is 11.4. The molecule has 17 heavy (non-hydrogen) atoms. The molecular weight excluding hydrogens is 275 g/mol. The predicted octanol–water partition coefficient (Wildman–Crippen LogP) is 4.72. The van der Waals surface area contributed by atoms with Gasteiger partial charge in [-0.2, -0.15) is 0 Å². The first-order chi connectivity index (χ1) is 8.18. The number of hydrogen-bond acceptors (Lipinski definition) is 2. The van der Waals surface area contributed by atoms with Crippen LogP contribution in [0.1, 0.15) is 23.0 Å². The van der Waals surface area contributed by atoms with E-state index in [-0.39, 0.29) is 0 Å². The summed E-state index contributed by atoms with van der Waals surface area (Å²) in [6.07, 6.45) is 0.936. The maximum atomic E-state index is 10.1. The van der Waals surface area contributed by atoms with Crippen LogP contribution in [0.4, 0.5) is 0 Å². The molecular formula is C13H12Cl2OS. The van der Waals surface area contributed by atoms with Crippen LogP contribution in [0.15, 0.2) is 35.7 Å². The van der Waals surface area contributed by atoms with Gasteiger partial charge in [-0.1, -0.05) is 41.4 Å². The zero-order valence-electron chi connectivity index (χ0n) is 9.07. The van der Waals surface area contributed by atoms with Gasteiger partial charge in [0.05, 0.1) is 16.1 Å². The summed E-state index contributed by atoms with van der Waals surface area (Å²) in [4.78, 5) is 1.27. The number of thiophene rings is 1. The minimum atomic E-state index is -0.566. The number of hydrogen-bond donors (Lipinski definition) is 1. The van der Waals surface area contributed by atoms with Crippen molar-refractivity contribution in [2.45, 2.75) is 18.9 Å². The Labute approximate surface area is 115 Å². The molecule has 1 atom stereocenters. The lowest BCUT2D eigenvalue weighted by Crippen LogP contribution is -2.00. The number of halogens is 2. The summed E-state index contributed by atoms with van der Waals surface area (Å²) in [5, 5.41) is 13.1. The van der Waals surface area contributed by atoms with Crippen molar-refractivity contribution in [2.24, 2.45) is 0 Å². The van der Waals surface area contributed by atoms with Crippen molar-refractivity contribution in [1.82, 2.24) is 0 Å². The van der Waals surface area contributed by atoms with Gasteiger partial charge in [-0.3, -0.25) is 0 Å². The molecule has 0 aliphatic rings. The SMILES string of the molecule is OC(CCc1cccs1)c1cccc(Cl)c1Cl. The highest BCUT2D eigenvalue weighted by Crippen LogP contribution is 2.32. The van der Waals surface area contributed by atoms with Gasteiger partial charge in [0.2, 0.25) is 0 Å². The lowest BCUT2D eigenvalue weighted by molar-refractivity contribution is 0.168. The summed E-state index contributed by atoms with van der Waals surface area (Å²) in [6, 6.07) is 9.42. The molecule has 0 aliphatic carbocycles. The molecule has 1 N–H and O–H groups in total. The molecule has 1 nitrogen and oxygen atoms in total. The second-order valence-electron chi connectivity index (χ2n) is 3.78. The van der Waals surface area contributed by atoms with Crippen LogP contribution in [0.2, 0.25) is 10.0 Å². The van der Waals surface area contributed by atoms with Crippen molar-refractivity contribution in [3.63, 3.8) is 0 Å². The Morgan fingerprint density at radius 3 is 2.71 bits per heavy atom. The van der Waals surface area contributed by atoms with Crippen LogP contribution in [-0.2, 0) is 6.42 Å². The van der Waals surface area contributed by atoms with Gasteiger partial charge >= 0.3 is 0 Å². The molecule has 1 heterocycles. The number of benzene rings is 1. The van der Waals surface area contributed by atoms with Gasteiger partial charge in [-0.15, -0.1) is 11.3 Å². The third-order valence-electron chi connectivity index (χ3n) is 2.58. The standard InChI is InChI=1S/C13H12Cl2OS/c14-11-5-1-4-10(13(11)15)12(16)7-6-9-3-2-8-17-9/h1-5,8,12,16H,6-7H2. The van der Waals surface area contributed by atoms with Crippen molar-refractivity contribution in [1.29, 1.82) is 0 Å². The van der Waals surface area contributed by atoms with E-state index in [4.69, 9.17) is 23.2 Å². The molecule has 0 aliphatic heterocycles. The molecule has 2 aromatic rings. The molecule has 1 aromatic carbocycles. The molecule has 1 unspecified atom stereocenters. The van der Waals surface area contributed by atoms with Gasteiger partial charge < -0.3 is 5.11 Å². The fourth-order valence-electron chi connectivity index (χ4n) is 1.67. The quantitative estimate of drug-likeness (QED) is 0.862. The van der Waals surface area contributed by atoms with Crippen LogP contribution in [-0.4, -0.2) is 5.11 Å². The van der Waals surface area contributed by atoms with Gasteiger partial charge in [0.25, 0.3) is 0 Å². The average molecular weight is 287 g/mol. The predicted molar refractivity (Wildman–Crippen MR) is 74.1 cm³/mol. The van der Waals surface area contributed by atoms with Gasteiger partial charge in [-0.25, -0.2) is 0 Å². The number of aliphatic hydroxyl groups excluding tert-OH is 1.